The highest BCUT2D eigenvalue weighted by Crippen LogP contribution is 2.31. The van der Waals surface area contributed by atoms with Crippen molar-refractivity contribution in [2.45, 2.75) is 81.2 Å². The molecule has 1 N–H and O–H groups in total. The maximum atomic E-state index is 13.1. The molecule has 0 bridgehead atoms. The standard InChI is InChI=1S/C29H36F3N3O4S/c1-20(2)34(17-18-40(38,39)25-9-4-3-5-10-25)23-11-13-24(14-12-23)35-16-15-26(28(35)37)33-27(36)21-7-6-8-22(19-21)29(30,31)32/h3-10,19-20,23-24,26H,11-18H2,1-2H3,(H,33,36)/t23?,24?,26-/m0/s1. The number of halogens is 3. The highest BCUT2D eigenvalue weighted by Gasteiger charge is 2.39. The smallest absolute Gasteiger partial charge is 0.340 e. The Morgan fingerprint density at radius 1 is 1.02 bits per heavy atom. The summed E-state index contributed by atoms with van der Waals surface area (Å²) in [6.07, 6.45) is -0.993. The van der Waals surface area contributed by atoms with E-state index in [0.717, 1.165) is 37.8 Å². The van der Waals surface area contributed by atoms with Crippen LogP contribution in [0, 0.1) is 0 Å². The SMILES string of the molecule is CC(C)N(CCS(=O)(=O)c1ccccc1)C1CCC(N2CC[C@H](NC(=O)c3cccc(C(F)(F)F)c3)C2=O)CC1. The van der Waals surface area contributed by atoms with Crippen molar-refractivity contribution in [3.8, 4) is 0 Å². The predicted molar refractivity (Wildman–Crippen MR) is 145 cm³/mol. The van der Waals surface area contributed by atoms with Gasteiger partial charge < -0.3 is 10.2 Å². The second-order valence-electron chi connectivity index (χ2n) is 10.9. The fourth-order valence-electron chi connectivity index (χ4n) is 5.81. The second-order valence-corrected chi connectivity index (χ2v) is 13.0. The minimum atomic E-state index is -4.56. The highest BCUT2D eigenvalue weighted by atomic mass is 32.2. The van der Waals surface area contributed by atoms with Gasteiger partial charge in [-0.2, -0.15) is 13.2 Å². The number of nitrogens with zero attached hydrogens (tertiary/aromatic N) is 2. The third-order valence-corrected chi connectivity index (χ3v) is 9.67. The molecule has 2 amide bonds. The highest BCUT2D eigenvalue weighted by molar-refractivity contribution is 7.91. The fourth-order valence-corrected chi connectivity index (χ4v) is 7.07. The molecule has 1 aliphatic heterocycles. The van der Waals surface area contributed by atoms with E-state index in [4.69, 9.17) is 0 Å². The molecule has 1 atom stereocenters. The van der Waals surface area contributed by atoms with Crippen molar-refractivity contribution in [2.24, 2.45) is 0 Å². The molecule has 2 aliphatic rings. The Morgan fingerprint density at radius 3 is 2.33 bits per heavy atom. The third-order valence-electron chi connectivity index (χ3n) is 7.96. The molecule has 1 aliphatic carbocycles. The van der Waals surface area contributed by atoms with Crippen molar-refractivity contribution in [1.82, 2.24) is 15.1 Å². The summed E-state index contributed by atoms with van der Waals surface area (Å²) >= 11 is 0. The van der Waals surface area contributed by atoms with E-state index in [1.165, 1.54) is 12.1 Å². The molecular formula is C29H36F3N3O4S. The first-order valence-corrected chi connectivity index (χ1v) is 15.3. The van der Waals surface area contributed by atoms with Crippen LogP contribution < -0.4 is 5.32 Å². The molecule has 1 saturated carbocycles. The van der Waals surface area contributed by atoms with Crippen molar-refractivity contribution in [3.05, 3.63) is 65.7 Å². The van der Waals surface area contributed by atoms with E-state index in [9.17, 15) is 31.2 Å². The van der Waals surface area contributed by atoms with Crippen LogP contribution in [-0.2, 0) is 20.8 Å². The van der Waals surface area contributed by atoms with Crippen LogP contribution in [0.1, 0.15) is 61.9 Å². The first kappa shape index (κ1) is 30.0. The molecular weight excluding hydrogens is 543 g/mol. The summed E-state index contributed by atoms with van der Waals surface area (Å²) in [6.45, 7) is 5.02. The summed E-state index contributed by atoms with van der Waals surface area (Å²) in [4.78, 5) is 30.1. The monoisotopic (exact) mass is 579 g/mol. The lowest BCUT2D eigenvalue weighted by atomic mass is 9.88. The number of alkyl halides is 3. The van der Waals surface area contributed by atoms with E-state index in [1.807, 2.05) is 0 Å². The number of amides is 2. The quantitative estimate of drug-likeness (QED) is 0.472. The van der Waals surface area contributed by atoms with Gasteiger partial charge in [-0.05, 0) is 76.3 Å². The molecule has 4 rings (SSSR count). The zero-order valence-electron chi connectivity index (χ0n) is 22.7. The van der Waals surface area contributed by atoms with Gasteiger partial charge in [0.25, 0.3) is 5.91 Å². The molecule has 40 heavy (non-hydrogen) atoms. The first-order valence-electron chi connectivity index (χ1n) is 13.7. The zero-order valence-corrected chi connectivity index (χ0v) is 23.5. The van der Waals surface area contributed by atoms with Gasteiger partial charge in [0.15, 0.2) is 9.84 Å². The Bertz CT molecular complexity index is 1290. The lowest BCUT2D eigenvalue weighted by Gasteiger charge is -2.41. The summed E-state index contributed by atoms with van der Waals surface area (Å²) < 4.78 is 64.7. The number of benzene rings is 2. The minimum absolute atomic E-state index is 0.0151. The number of carbonyl (C=O) groups is 2. The number of likely N-dealkylation sites (tertiary alicyclic amines) is 1. The van der Waals surface area contributed by atoms with Crippen molar-refractivity contribution < 1.29 is 31.2 Å². The first-order chi connectivity index (χ1) is 18.9. The van der Waals surface area contributed by atoms with Crippen molar-refractivity contribution in [3.63, 3.8) is 0 Å². The normalized spacial score (nSPS) is 22.2. The van der Waals surface area contributed by atoms with Gasteiger partial charge in [-0.1, -0.05) is 24.3 Å². The van der Waals surface area contributed by atoms with Crippen LogP contribution in [0.25, 0.3) is 0 Å². The van der Waals surface area contributed by atoms with Gasteiger partial charge in [0, 0.05) is 36.8 Å². The topological polar surface area (TPSA) is 86.8 Å². The van der Waals surface area contributed by atoms with Crippen LogP contribution in [0.15, 0.2) is 59.5 Å². The van der Waals surface area contributed by atoms with E-state index < -0.39 is 33.5 Å². The summed E-state index contributed by atoms with van der Waals surface area (Å²) in [7, 11) is -3.39. The molecule has 2 fully saturated rings. The molecule has 0 unspecified atom stereocenters. The summed E-state index contributed by atoms with van der Waals surface area (Å²) in [5, 5.41) is 2.62. The maximum Gasteiger partial charge on any atom is 0.416 e. The lowest BCUT2D eigenvalue weighted by molar-refractivity contribution is -0.137. The van der Waals surface area contributed by atoms with E-state index in [0.29, 0.717) is 24.4 Å². The van der Waals surface area contributed by atoms with E-state index >= 15 is 0 Å². The molecule has 2 aromatic carbocycles. The Morgan fingerprint density at radius 2 is 1.70 bits per heavy atom. The Balaban J connectivity index is 1.31. The number of hydrogen-bond donors (Lipinski definition) is 1. The number of sulfone groups is 1. The summed E-state index contributed by atoms with van der Waals surface area (Å²) in [5.74, 6) is -0.876. The van der Waals surface area contributed by atoms with Gasteiger partial charge in [0.2, 0.25) is 5.91 Å². The summed E-state index contributed by atoms with van der Waals surface area (Å²) in [6, 6.07) is 12.2. The minimum Gasteiger partial charge on any atom is -0.340 e. The largest absolute Gasteiger partial charge is 0.416 e. The molecule has 1 heterocycles. The van der Waals surface area contributed by atoms with E-state index in [2.05, 4.69) is 24.1 Å². The number of nitrogens with one attached hydrogen (secondary N) is 1. The molecule has 0 spiro atoms. The molecule has 0 radical (unpaired) electrons. The fraction of sp³-hybridized carbons (Fsp3) is 0.517. The Kier molecular flexibility index (Phi) is 9.24. The lowest BCUT2D eigenvalue weighted by Crippen LogP contribution is -2.49. The van der Waals surface area contributed by atoms with E-state index in [-0.39, 0.29) is 35.3 Å². The molecule has 1 saturated heterocycles. The van der Waals surface area contributed by atoms with Gasteiger partial charge >= 0.3 is 6.18 Å². The molecule has 218 valence electrons. The second kappa shape index (κ2) is 12.3. The van der Waals surface area contributed by atoms with Crippen molar-refractivity contribution >= 4 is 21.7 Å². The zero-order chi connectivity index (χ0) is 29.1. The van der Waals surface area contributed by atoms with Crippen molar-refractivity contribution in [2.75, 3.05) is 18.8 Å². The van der Waals surface area contributed by atoms with Crippen molar-refractivity contribution in [1.29, 1.82) is 0 Å². The van der Waals surface area contributed by atoms with Crippen LogP contribution in [0.4, 0.5) is 13.2 Å². The number of carbonyl (C=O) groups excluding carboxylic acids is 2. The van der Waals surface area contributed by atoms with Gasteiger partial charge in [-0.25, -0.2) is 8.42 Å². The van der Waals surface area contributed by atoms with Crippen LogP contribution in [0.2, 0.25) is 0 Å². The maximum absolute atomic E-state index is 13.1. The number of hydrogen-bond acceptors (Lipinski definition) is 5. The molecule has 2 aromatic rings. The molecule has 11 heteroatoms. The molecule has 0 aromatic heterocycles. The van der Waals surface area contributed by atoms with Crippen LogP contribution in [-0.4, -0.2) is 73.0 Å². The van der Waals surface area contributed by atoms with Crippen LogP contribution in [0.5, 0.6) is 0 Å². The van der Waals surface area contributed by atoms with E-state index in [1.54, 1.807) is 35.2 Å². The van der Waals surface area contributed by atoms with Crippen LogP contribution >= 0.6 is 0 Å². The van der Waals surface area contributed by atoms with Gasteiger partial charge in [-0.15, -0.1) is 0 Å². The average Bonchev–Trinajstić information content (AvgIpc) is 3.28. The predicted octanol–water partition coefficient (Wildman–Crippen LogP) is 4.53. The van der Waals surface area contributed by atoms with Crippen LogP contribution in [0.3, 0.4) is 0 Å². The van der Waals surface area contributed by atoms with Gasteiger partial charge in [0.1, 0.15) is 6.04 Å². The Labute approximate surface area is 233 Å². The number of rotatable bonds is 9. The average molecular weight is 580 g/mol. The van der Waals surface area contributed by atoms with Gasteiger partial charge in [0.05, 0.1) is 16.2 Å². The summed E-state index contributed by atoms with van der Waals surface area (Å²) in [5.41, 5.74) is -1.05. The molecule has 7 nitrogen and oxygen atoms in total. The Hall–Kier alpha value is -2.92. The van der Waals surface area contributed by atoms with Gasteiger partial charge in [-0.3, -0.25) is 14.5 Å². The third kappa shape index (κ3) is 7.04.